The monoisotopic (exact) mass is 726 g/mol. The van der Waals surface area contributed by atoms with Crippen LogP contribution in [0.5, 0.6) is 0 Å². The van der Waals surface area contributed by atoms with Crippen molar-refractivity contribution in [2.75, 3.05) is 17.2 Å². The van der Waals surface area contributed by atoms with Gasteiger partial charge in [0.2, 0.25) is 10.0 Å². The Morgan fingerprint density at radius 2 is 1.94 bits per heavy atom. The number of rotatable bonds is 10. The third kappa shape index (κ3) is 6.70. The zero-order valence-electron chi connectivity index (χ0n) is 25.3. The standard InChI is InChI=1S/C31H30Cl2F2N4O6S2/c1-3-12-47(42,43)38-28(40)16-13-21(34)25-22(14-16)46-30(36-25)39-11-8-18(15-17(39)4-2)44-29(41)24-26(23-19(32)6-5-7-20(23)33)37-45-27(24)31(35)9-10-31/h5-7,13-14,17-18H,3-4,8-12,15H2,1-2H3,(H,38,40)/t17-,18-/m1/s1. The van der Waals surface area contributed by atoms with Crippen molar-refractivity contribution in [3.8, 4) is 11.3 Å². The van der Waals surface area contributed by atoms with Gasteiger partial charge in [-0.1, -0.05) is 59.6 Å². The summed E-state index contributed by atoms with van der Waals surface area (Å²) in [5.41, 5.74) is -1.77. The van der Waals surface area contributed by atoms with Crippen LogP contribution in [-0.4, -0.2) is 54.9 Å². The number of alkyl halides is 1. The first kappa shape index (κ1) is 33.6. The number of hydrogen-bond donors (Lipinski definition) is 1. The van der Waals surface area contributed by atoms with Gasteiger partial charge >= 0.3 is 5.97 Å². The van der Waals surface area contributed by atoms with Crippen molar-refractivity contribution in [2.24, 2.45) is 0 Å². The van der Waals surface area contributed by atoms with E-state index in [2.05, 4.69) is 10.1 Å². The van der Waals surface area contributed by atoms with Crippen LogP contribution in [-0.2, 0) is 20.4 Å². The van der Waals surface area contributed by atoms with Crippen LogP contribution in [0.3, 0.4) is 0 Å². The Hall–Kier alpha value is -3.33. The van der Waals surface area contributed by atoms with Gasteiger partial charge in [0, 0.05) is 36.6 Å². The van der Waals surface area contributed by atoms with Gasteiger partial charge in [-0.25, -0.2) is 31.7 Å². The Morgan fingerprint density at radius 3 is 2.60 bits per heavy atom. The van der Waals surface area contributed by atoms with E-state index >= 15 is 8.78 Å². The molecular weight excluding hydrogens is 697 g/mol. The number of carbonyl (C=O) groups is 2. The smallest absolute Gasteiger partial charge is 0.344 e. The van der Waals surface area contributed by atoms with Crippen molar-refractivity contribution in [3.05, 3.63) is 63.1 Å². The van der Waals surface area contributed by atoms with E-state index in [4.69, 9.17) is 32.5 Å². The van der Waals surface area contributed by atoms with Crippen LogP contribution in [0.25, 0.3) is 21.5 Å². The molecule has 6 rings (SSSR count). The maximum atomic E-state index is 15.3. The molecule has 2 fully saturated rings. The molecule has 1 aliphatic carbocycles. The van der Waals surface area contributed by atoms with Crippen LogP contribution < -0.4 is 9.62 Å². The summed E-state index contributed by atoms with van der Waals surface area (Å²) < 4.78 is 68.2. The minimum atomic E-state index is -3.84. The second kappa shape index (κ2) is 12.9. The van der Waals surface area contributed by atoms with E-state index < -0.39 is 39.5 Å². The fourth-order valence-electron chi connectivity index (χ4n) is 5.74. The molecule has 1 N–H and O–H groups in total. The van der Waals surface area contributed by atoms with E-state index in [-0.39, 0.29) is 68.3 Å². The Bertz CT molecular complexity index is 1960. The minimum Gasteiger partial charge on any atom is -0.458 e. The summed E-state index contributed by atoms with van der Waals surface area (Å²) in [5, 5.41) is 4.94. The molecule has 2 atom stereocenters. The molecule has 10 nitrogen and oxygen atoms in total. The number of nitrogens with one attached hydrogen (secondary N) is 1. The summed E-state index contributed by atoms with van der Waals surface area (Å²) in [6.45, 7) is 4.04. The SMILES string of the molecule is CCCS(=O)(=O)NC(=O)c1cc(F)c2nc(N3CC[C@@H](OC(=O)c4c(-c5c(Cl)cccc5Cl)noc4C4(F)CC4)C[C@H]3CC)sc2c1. The van der Waals surface area contributed by atoms with Gasteiger partial charge < -0.3 is 14.2 Å². The van der Waals surface area contributed by atoms with Crippen molar-refractivity contribution >= 4 is 71.8 Å². The van der Waals surface area contributed by atoms with Gasteiger partial charge in [-0.15, -0.1) is 0 Å². The molecule has 2 aliphatic rings. The predicted octanol–water partition coefficient (Wildman–Crippen LogP) is 7.43. The zero-order chi connectivity index (χ0) is 33.7. The van der Waals surface area contributed by atoms with Gasteiger partial charge in [0.25, 0.3) is 5.91 Å². The molecule has 4 aromatic rings. The molecule has 1 saturated carbocycles. The highest BCUT2D eigenvalue weighted by Gasteiger charge is 2.53. The summed E-state index contributed by atoms with van der Waals surface area (Å²) >= 11 is 14.0. The number of sulfonamides is 1. The maximum absolute atomic E-state index is 15.3. The molecular formula is C31H30Cl2F2N4O6S2. The lowest BCUT2D eigenvalue weighted by Gasteiger charge is -2.38. The number of esters is 1. The Labute approximate surface area is 283 Å². The molecule has 0 bridgehead atoms. The van der Waals surface area contributed by atoms with E-state index in [1.54, 1.807) is 25.1 Å². The molecule has 3 heterocycles. The fourth-order valence-corrected chi connectivity index (χ4v) is 8.47. The number of nitrogens with zero attached hydrogens (tertiary/aromatic N) is 3. The number of fused-ring (bicyclic) bond motifs is 1. The van der Waals surface area contributed by atoms with Gasteiger partial charge in [0.1, 0.15) is 22.9 Å². The van der Waals surface area contributed by atoms with Gasteiger partial charge in [-0.3, -0.25) is 4.79 Å². The van der Waals surface area contributed by atoms with Gasteiger partial charge in [-0.2, -0.15) is 0 Å². The van der Waals surface area contributed by atoms with Crippen molar-refractivity contribution in [2.45, 2.75) is 70.2 Å². The fraction of sp³-hybridized carbons (Fsp3) is 0.419. The van der Waals surface area contributed by atoms with E-state index in [1.807, 2.05) is 16.5 Å². The van der Waals surface area contributed by atoms with Crippen molar-refractivity contribution in [1.82, 2.24) is 14.9 Å². The highest BCUT2D eigenvalue weighted by molar-refractivity contribution is 7.90. The average molecular weight is 728 g/mol. The molecule has 0 radical (unpaired) electrons. The number of thiazole rings is 1. The first-order valence-corrected chi connectivity index (χ1v) is 18.3. The second-order valence-corrected chi connectivity index (χ2v) is 15.3. The molecule has 1 saturated heterocycles. The Morgan fingerprint density at radius 1 is 1.21 bits per heavy atom. The lowest BCUT2D eigenvalue weighted by atomic mass is 9.97. The second-order valence-electron chi connectivity index (χ2n) is 11.7. The molecule has 2 aromatic carbocycles. The van der Waals surface area contributed by atoms with Crippen LogP contribution in [0.4, 0.5) is 13.9 Å². The van der Waals surface area contributed by atoms with Gasteiger partial charge in [0.05, 0.1) is 20.5 Å². The summed E-state index contributed by atoms with van der Waals surface area (Å²) in [4.78, 5) is 32.8. The number of carbonyl (C=O) groups excluding carboxylic acids is 2. The molecule has 0 spiro atoms. The maximum Gasteiger partial charge on any atom is 0.344 e. The number of hydrogen-bond acceptors (Lipinski definition) is 10. The normalized spacial score (nSPS) is 19.1. The first-order valence-electron chi connectivity index (χ1n) is 15.1. The molecule has 2 aromatic heterocycles. The molecule has 0 unspecified atom stereocenters. The van der Waals surface area contributed by atoms with Crippen molar-refractivity contribution < 1.29 is 36.0 Å². The van der Waals surface area contributed by atoms with Crippen LogP contribution in [0.1, 0.15) is 78.8 Å². The van der Waals surface area contributed by atoms with Crippen molar-refractivity contribution in [1.29, 1.82) is 0 Å². The molecule has 1 aliphatic heterocycles. The summed E-state index contributed by atoms with van der Waals surface area (Å²) in [7, 11) is -3.84. The molecule has 16 heteroatoms. The van der Waals surface area contributed by atoms with Gasteiger partial charge in [-0.05, 0) is 49.9 Å². The van der Waals surface area contributed by atoms with Crippen LogP contribution in [0, 0.1) is 5.82 Å². The number of piperidine rings is 1. The summed E-state index contributed by atoms with van der Waals surface area (Å²) in [5.74, 6) is -2.89. The zero-order valence-corrected chi connectivity index (χ0v) is 28.5. The number of benzene rings is 2. The van der Waals surface area contributed by atoms with E-state index in [1.165, 1.54) is 17.4 Å². The highest BCUT2D eigenvalue weighted by Crippen LogP contribution is 2.53. The summed E-state index contributed by atoms with van der Waals surface area (Å²) in [6.07, 6.45) is 1.59. The predicted molar refractivity (Wildman–Crippen MR) is 175 cm³/mol. The highest BCUT2D eigenvalue weighted by atomic mass is 35.5. The quantitative estimate of drug-likeness (QED) is 0.166. The molecule has 47 heavy (non-hydrogen) atoms. The van der Waals surface area contributed by atoms with Gasteiger partial charge in [0.15, 0.2) is 22.4 Å². The lowest BCUT2D eigenvalue weighted by Crippen LogP contribution is -2.45. The van der Waals surface area contributed by atoms with E-state index in [0.717, 1.165) is 6.07 Å². The van der Waals surface area contributed by atoms with E-state index in [9.17, 15) is 18.0 Å². The first-order chi connectivity index (χ1) is 22.3. The summed E-state index contributed by atoms with van der Waals surface area (Å²) in [6, 6.07) is 7.04. The van der Waals surface area contributed by atoms with Crippen LogP contribution in [0.15, 0.2) is 34.9 Å². The number of anilines is 1. The third-order valence-electron chi connectivity index (χ3n) is 8.27. The number of ether oxygens (including phenoxy) is 1. The largest absolute Gasteiger partial charge is 0.458 e. The Kier molecular flexibility index (Phi) is 9.24. The minimum absolute atomic E-state index is 0.0153. The number of amides is 1. The van der Waals surface area contributed by atoms with E-state index in [0.29, 0.717) is 42.1 Å². The van der Waals surface area contributed by atoms with Crippen molar-refractivity contribution in [3.63, 3.8) is 0 Å². The molecule has 250 valence electrons. The topological polar surface area (TPSA) is 132 Å². The number of halogens is 4. The Balaban J connectivity index is 1.21. The molecule has 1 amide bonds. The van der Waals surface area contributed by atoms with Crippen LogP contribution >= 0.6 is 34.5 Å². The average Bonchev–Trinajstić information content (AvgIpc) is 3.40. The lowest BCUT2D eigenvalue weighted by molar-refractivity contribution is 0.0202. The third-order valence-corrected chi connectivity index (χ3v) is 11.4. The van der Waals surface area contributed by atoms with Crippen LogP contribution in [0.2, 0.25) is 10.0 Å². The number of aromatic nitrogens is 2.